The Morgan fingerprint density at radius 2 is 0.511 bits per heavy atom. The van der Waals surface area contributed by atoms with Gasteiger partial charge in [0.2, 0.25) is 11.5 Å². The lowest BCUT2D eigenvalue weighted by molar-refractivity contribution is 0.234. The van der Waals surface area contributed by atoms with Gasteiger partial charge in [-0.1, -0.05) is 234 Å². The lowest BCUT2D eigenvalue weighted by atomic mass is 9.99. The van der Waals surface area contributed by atoms with Crippen LogP contribution in [0, 0.1) is 0 Å². The molecule has 0 spiro atoms. The second-order valence-electron chi connectivity index (χ2n) is 25.1. The van der Waals surface area contributed by atoms with Crippen LogP contribution in [0.4, 0.5) is 0 Å². The van der Waals surface area contributed by atoms with Crippen molar-refractivity contribution in [3.8, 4) is 34.5 Å². The minimum absolute atomic E-state index is 0.609. The molecule has 3 aliphatic heterocycles. The van der Waals surface area contributed by atoms with Crippen LogP contribution in [0.1, 0.15) is 307 Å². The monoisotopic (exact) mass is 1200 g/mol. The predicted molar refractivity (Wildman–Crippen MR) is 371 cm³/mol. The highest BCUT2D eigenvalue weighted by Crippen LogP contribution is 2.46. The fraction of sp³-hybridized carbons (Fsp3) is 0.615. The van der Waals surface area contributed by atoms with Crippen LogP contribution in [0.3, 0.4) is 0 Å². The van der Waals surface area contributed by atoms with E-state index < -0.39 is 0 Å². The van der Waals surface area contributed by atoms with E-state index in [1.165, 1.54) is 154 Å². The molecule has 2 N–H and O–H groups in total. The Kier molecular flexibility index (Phi) is 32.7. The Morgan fingerprint density at radius 3 is 0.784 bits per heavy atom. The maximum Gasteiger partial charge on any atom is 0.203 e. The minimum Gasteiger partial charge on any atom is -0.490 e. The Morgan fingerprint density at radius 1 is 0.273 bits per heavy atom. The summed E-state index contributed by atoms with van der Waals surface area (Å²) in [6.07, 6.45) is 51.3. The molecule has 3 aliphatic rings. The van der Waals surface area contributed by atoms with Gasteiger partial charge in [0.25, 0.3) is 0 Å². The summed E-state index contributed by atoms with van der Waals surface area (Å²) in [6.45, 7) is 17.3. The first-order valence-electron chi connectivity index (χ1n) is 36.0. The van der Waals surface area contributed by atoms with Crippen molar-refractivity contribution in [2.24, 2.45) is 9.98 Å². The molecule has 0 atom stereocenters. The van der Waals surface area contributed by atoms with Gasteiger partial charge in [0.05, 0.1) is 73.8 Å². The van der Waals surface area contributed by atoms with Gasteiger partial charge < -0.3 is 38.4 Å². The van der Waals surface area contributed by atoms with Gasteiger partial charge >= 0.3 is 0 Å². The summed E-state index contributed by atoms with van der Waals surface area (Å²) in [5.74, 6) is 4.32. The van der Waals surface area contributed by atoms with Gasteiger partial charge in [0.1, 0.15) is 0 Å². The molecule has 0 aliphatic carbocycles. The third kappa shape index (κ3) is 22.8. The number of aliphatic imine (C=N–C) groups is 2. The average Bonchev–Trinajstić information content (AvgIpc) is 2.22. The number of rotatable bonds is 50. The number of nitrogens with one attached hydrogen (secondary N) is 2. The van der Waals surface area contributed by atoms with E-state index in [4.69, 9.17) is 38.4 Å². The van der Waals surface area contributed by atoms with Crippen molar-refractivity contribution in [1.82, 2.24) is 9.97 Å². The molecule has 4 aromatic rings. The van der Waals surface area contributed by atoms with Gasteiger partial charge in [-0.25, -0.2) is 9.98 Å². The summed E-state index contributed by atoms with van der Waals surface area (Å²) in [7, 11) is 0. The molecule has 2 aromatic heterocycles. The number of ether oxygens (including phenoxy) is 6. The third-order valence-electron chi connectivity index (χ3n) is 17.4. The van der Waals surface area contributed by atoms with Crippen LogP contribution in [-0.4, -0.2) is 61.0 Å². The molecule has 10 nitrogen and oxygen atoms in total. The van der Waals surface area contributed by atoms with Crippen molar-refractivity contribution in [2.75, 3.05) is 39.6 Å². The molecule has 0 unspecified atom stereocenters. The molecule has 484 valence electrons. The van der Waals surface area contributed by atoms with Crippen LogP contribution in [-0.2, 0) is 0 Å². The molecular formula is C78H116N4O6. The summed E-state index contributed by atoms with van der Waals surface area (Å²) in [6, 6.07) is 17.3. The van der Waals surface area contributed by atoms with Crippen molar-refractivity contribution in [3.63, 3.8) is 0 Å². The first-order valence-corrected chi connectivity index (χ1v) is 36.0. The lowest BCUT2D eigenvalue weighted by Crippen LogP contribution is -2.08. The highest BCUT2D eigenvalue weighted by molar-refractivity contribution is 6.13. The second-order valence-corrected chi connectivity index (χ2v) is 25.1. The number of hydrogen-bond donors (Lipinski definition) is 2. The van der Waals surface area contributed by atoms with Gasteiger partial charge in [-0.2, -0.15) is 0 Å². The largest absolute Gasteiger partial charge is 0.490 e. The van der Waals surface area contributed by atoms with Crippen LogP contribution in [0.2, 0.25) is 0 Å². The third-order valence-corrected chi connectivity index (χ3v) is 17.4. The SMILES string of the molecule is CCCCCCCCOc1cc(C2=C3C=CC(=N3)c3ccc([nH]3)C(c3cc(OCCCCCCCC)c(OCCCCCCCC)c(OCCCCCCCC)c3)=C3C=CC(=N3)c3ccc2[nH]3)cc(OCCCCCCCC)c1OCCCCCCCC. The van der Waals surface area contributed by atoms with Crippen LogP contribution in [0.5, 0.6) is 34.5 Å². The Balaban J connectivity index is 1.28. The maximum absolute atomic E-state index is 6.87. The molecule has 0 saturated heterocycles. The van der Waals surface area contributed by atoms with E-state index in [0.29, 0.717) is 51.1 Å². The van der Waals surface area contributed by atoms with Crippen LogP contribution in [0.25, 0.3) is 11.1 Å². The first kappa shape index (κ1) is 69.6. The van der Waals surface area contributed by atoms with Gasteiger partial charge in [-0.15, -0.1) is 0 Å². The second kappa shape index (κ2) is 41.4. The Labute approximate surface area is 533 Å². The molecule has 7 rings (SSSR count). The van der Waals surface area contributed by atoms with Gasteiger partial charge in [-0.3, -0.25) is 0 Å². The summed E-state index contributed by atoms with van der Waals surface area (Å²) in [4.78, 5) is 18.7. The van der Waals surface area contributed by atoms with E-state index in [1.54, 1.807) is 0 Å². The highest BCUT2D eigenvalue weighted by Gasteiger charge is 2.27. The smallest absolute Gasteiger partial charge is 0.203 e. The standard InChI is InChI=1S/C78H116N4O6/c1-7-13-19-25-31-37-51-83-71-57-61(58-72(84-52-38-32-26-20-14-8-2)77(71)87-55-41-35-29-23-17-11-5)75-67-47-43-63(79-67)65-45-49-69(81-65)76(70-50-46-66(82-70)64-44-48-68(75)80-64)62-59-73(85-53-39-33-27-21-15-9-3)78(88-56-42-36-30-24-18-12-6)74(60-62)86-54-40-34-28-22-16-10-4/h43-50,57-60,79,82H,7-42,51-56H2,1-6H3. The number of aromatic nitrogens is 2. The van der Waals surface area contributed by atoms with Gasteiger partial charge in [0.15, 0.2) is 23.0 Å². The highest BCUT2D eigenvalue weighted by atomic mass is 16.5. The fourth-order valence-electron chi connectivity index (χ4n) is 12.1. The summed E-state index contributed by atoms with van der Waals surface area (Å²) < 4.78 is 41.1. The molecule has 5 heterocycles. The molecule has 2 aromatic carbocycles. The van der Waals surface area contributed by atoms with Crippen LogP contribution in [0.15, 0.2) is 94.2 Å². The van der Waals surface area contributed by atoms with Gasteiger partial charge in [-0.05, 0) is 122 Å². The Bertz CT molecular complexity index is 2560. The molecule has 8 bridgehead atoms. The quantitative estimate of drug-likeness (QED) is 0.0426. The molecule has 88 heavy (non-hydrogen) atoms. The zero-order valence-corrected chi connectivity index (χ0v) is 56.0. The summed E-state index contributed by atoms with van der Waals surface area (Å²) >= 11 is 0. The topological polar surface area (TPSA) is 112 Å². The summed E-state index contributed by atoms with van der Waals surface area (Å²) in [5, 5.41) is 0. The van der Waals surface area contributed by atoms with E-state index in [-0.39, 0.29) is 0 Å². The number of allylic oxidation sites excluding steroid dienone is 4. The van der Waals surface area contributed by atoms with Crippen molar-refractivity contribution in [1.29, 1.82) is 0 Å². The number of nitrogens with zero attached hydrogens (tertiary/aromatic N) is 2. The fourth-order valence-corrected chi connectivity index (χ4v) is 12.1. The van der Waals surface area contributed by atoms with Gasteiger partial charge in [0, 0.05) is 22.5 Å². The normalized spacial score (nSPS) is 13.4. The maximum atomic E-state index is 6.87. The zero-order chi connectivity index (χ0) is 61.6. The van der Waals surface area contributed by atoms with Crippen molar-refractivity contribution >= 4 is 22.6 Å². The molecule has 0 radical (unpaired) electrons. The van der Waals surface area contributed by atoms with Crippen molar-refractivity contribution in [2.45, 2.75) is 273 Å². The zero-order valence-electron chi connectivity index (χ0n) is 56.0. The van der Waals surface area contributed by atoms with Crippen LogP contribution < -0.4 is 28.4 Å². The number of H-pyrrole nitrogens is 2. The number of hydrogen-bond acceptors (Lipinski definition) is 8. The van der Waals surface area contributed by atoms with Crippen LogP contribution >= 0.6 is 0 Å². The number of benzene rings is 2. The Hall–Kier alpha value is -5.90. The average molecular weight is 1210 g/mol. The predicted octanol–water partition coefficient (Wildman–Crippen LogP) is 22.7. The number of unbranched alkanes of at least 4 members (excludes halogenated alkanes) is 30. The van der Waals surface area contributed by atoms with E-state index in [9.17, 15) is 0 Å². The van der Waals surface area contributed by atoms with E-state index in [2.05, 4.69) is 124 Å². The lowest BCUT2D eigenvalue weighted by Gasteiger charge is -2.20. The number of aromatic amines is 2. The molecule has 0 fully saturated rings. The van der Waals surface area contributed by atoms with E-state index in [1.807, 2.05) is 0 Å². The number of fused-ring (bicyclic) bond motifs is 8. The minimum atomic E-state index is 0.609. The first-order chi connectivity index (χ1) is 43.5. The van der Waals surface area contributed by atoms with E-state index >= 15 is 0 Å². The van der Waals surface area contributed by atoms with Crippen molar-refractivity contribution < 1.29 is 28.4 Å². The molecule has 0 saturated carbocycles. The molecular weight excluding hydrogens is 1090 g/mol. The van der Waals surface area contributed by atoms with E-state index in [0.717, 1.165) is 168 Å². The summed E-state index contributed by atoms with van der Waals surface area (Å²) in [5.41, 5.74) is 10.9. The van der Waals surface area contributed by atoms with Crippen molar-refractivity contribution in [3.05, 3.63) is 118 Å². The molecule has 0 amide bonds. The molecule has 10 heteroatoms.